The molecule has 2 aromatic carbocycles. The molecule has 0 aliphatic rings. The van der Waals surface area contributed by atoms with Crippen LogP contribution in [0.15, 0.2) is 90.2 Å². The Bertz CT molecular complexity index is 1750. The van der Waals surface area contributed by atoms with Gasteiger partial charge in [0.1, 0.15) is 11.9 Å². The molecule has 0 bridgehead atoms. The maximum absolute atomic E-state index is 13.5. The van der Waals surface area contributed by atoms with Crippen LogP contribution in [-0.2, 0) is 11.2 Å². The first-order chi connectivity index (χ1) is 19.3. The molecular formula is C27H20Cl2N8O3. The Balaban J connectivity index is 1.51. The number of primary amides is 1. The molecule has 0 aliphatic carbocycles. The van der Waals surface area contributed by atoms with Crippen molar-refractivity contribution in [2.45, 2.75) is 12.5 Å². The Kier molecular flexibility index (Phi) is 7.67. The lowest BCUT2D eigenvalue weighted by atomic mass is 10.0. The van der Waals surface area contributed by atoms with Gasteiger partial charge in [-0.3, -0.25) is 19.0 Å². The summed E-state index contributed by atoms with van der Waals surface area (Å²) in [7, 11) is 0. The van der Waals surface area contributed by atoms with Crippen molar-refractivity contribution < 1.29 is 9.59 Å². The van der Waals surface area contributed by atoms with Crippen molar-refractivity contribution in [1.82, 2.24) is 29.5 Å². The lowest BCUT2D eigenvalue weighted by Crippen LogP contribution is -2.35. The van der Waals surface area contributed by atoms with Gasteiger partial charge < -0.3 is 11.1 Å². The summed E-state index contributed by atoms with van der Waals surface area (Å²) in [5, 5.41) is 11.1. The second-order valence-electron chi connectivity index (χ2n) is 8.66. The van der Waals surface area contributed by atoms with Crippen LogP contribution in [0.1, 0.15) is 22.0 Å². The van der Waals surface area contributed by atoms with Gasteiger partial charge in [-0.2, -0.15) is 0 Å². The molecule has 0 spiro atoms. The number of nitrogens with zero attached hydrogens (tertiary/aromatic N) is 6. The van der Waals surface area contributed by atoms with Crippen LogP contribution in [0.3, 0.4) is 0 Å². The van der Waals surface area contributed by atoms with Crippen LogP contribution in [0.25, 0.3) is 16.9 Å². The maximum atomic E-state index is 13.5. The largest absolute Gasteiger partial charge is 0.366 e. The molecule has 0 saturated heterocycles. The minimum Gasteiger partial charge on any atom is -0.366 e. The Labute approximate surface area is 237 Å². The fourth-order valence-corrected chi connectivity index (χ4v) is 4.34. The van der Waals surface area contributed by atoms with Gasteiger partial charge in [0.25, 0.3) is 5.56 Å². The van der Waals surface area contributed by atoms with E-state index in [1.807, 2.05) is 30.3 Å². The van der Waals surface area contributed by atoms with Crippen LogP contribution in [0.2, 0.25) is 10.2 Å². The molecule has 0 saturated carbocycles. The molecule has 1 unspecified atom stereocenters. The number of amides is 2. The van der Waals surface area contributed by atoms with Gasteiger partial charge in [0.15, 0.2) is 5.15 Å². The predicted molar refractivity (Wildman–Crippen MR) is 149 cm³/mol. The van der Waals surface area contributed by atoms with Crippen molar-refractivity contribution in [3.05, 3.63) is 117 Å². The number of nitrogens with one attached hydrogen (secondary N) is 1. The summed E-state index contributed by atoms with van der Waals surface area (Å²) in [5.41, 5.74) is 7.20. The molecule has 13 heteroatoms. The molecule has 200 valence electrons. The Morgan fingerprint density at radius 2 is 1.80 bits per heavy atom. The van der Waals surface area contributed by atoms with Crippen LogP contribution in [0, 0.1) is 0 Å². The molecule has 5 rings (SSSR count). The minimum atomic E-state index is -0.970. The second-order valence-corrected chi connectivity index (χ2v) is 9.48. The third-order valence-electron chi connectivity index (χ3n) is 5.99. The smallest absolute Gasteiger partial charge is 0.254 e. The fraction of sp³-hybridized carbons (Fsp3) is 0.0741. The van der Waals surface area contributed by atoms with Crippen LogP contribution >= 0.6 is 23.2 Å². The van der Waals surface area contributed by atoms with E-state index < -0.39 is 23.4 Å². The van der Waals surface area contributed by atoms with E-state index in [2.05, 4.69) is 25.6 Å². The van der Waals surface area contributed by atoms with Gasteiger partial charge in [-0.05, 0) is 35.9 Å². The van der Waals surface area contributed by atoms with Crippen molar-refractivity contribution in [3.63, 3.8) is 0 Å². The highest BCUT2D eigenvalue weighted by atomic mass is 35.5. The molecule has 0 fully saturated rings. The zero-order valence-electron chi connectivity index (χ0n) is 20.6. The van der Waals surface area contributed by atoms with Gasteiger partial charge >= 0.3 is 0 Å². The number of benzene rings is 2. The standard InChI is InChI=1S/C27H20Cl2N8O3/c28-18-7-8-21(37-14-23(29)34-35-37)19(11-18)20-12-25(38)36(15-32-20)22(10-16-4-2-1-3-5-16)27(40)33-24-9-6-17(13-31-24)26(30)39/h1-9,11-15,22H,10H2,(H2,30,39)(H,31,33,40). The molecule has 11 nitrogen and oxygen atoms in total. The molecule has 3 N–H and O–H groups in total. The topological polar surface area (TPSA) is 151 Å². The lowest BCUT2D eigenvalue weighted by molar-refractivity contribution is -0.119. The zero-order chi connectivity index (χ0) is 28.2. The molecular weight excluding hydrogens is 555 g/mol. The number of hydrogen-bond donors (Lipinski definition) is 2. The first-order valence-electron chi connectivity index (χ1n) is 11.9. The SMILES string of the molecule is NC(=O)c1ccc(NC(=O)C(Cc2ccccc2)n2cnc(-c3cc(Cl)ccc3-n3cc(Cl)nn3)cc2=O)nc1. The lowest BCUT2D eigenvalue weighted by Gasteiger charge is -2.20. The molecule has 1 atom stereocenters. The first kappa shape index (κ1) is 26.7. The predicted octanol–water partition coefficient (Wildman–Crippen LogP) is 3.71. The Morgan fingerprint density at radius 1 is 1.00 bits per heavy atom. The van der Waals surface area contributed by atoms with Crippen molar-refractivity contribution in [2.24, 2.45) is 5.73 Å². The van der Waals surface area contributed by atoms with Gasteiger partial charge in [0.05, 0.1) is 29.5 Å². The van der Waals surface area contributed by atoms with Gasteiger partial charge in [-0.25, -0.2) is 14.6 Å². The summed E-state index contributed by atoms with van der Waals surface area (Å²) in [6.07, 6.45) is 4.29. The van der Waals surface area contributed by atoms with E-state index in [1.54, 1.807) is 18.2 Å². The average molecular weight is 575 g/mol. The maximum Gasteiger partial charge on any atom is 0.254 e. The summed E-state index contributed by atoms with van der Waals surface area (Å²) < 4.78 is 2.70. The van der Waals surface area contributed by atoms with E-state index in [0.29, 0.717) is 22.0 Å². The van der Waals surface area contributed by atoms with E-state index in [4.69, 9.17) is 28.9 Å². The summed E-state index contributed by atoms with van der Waals surface area (Å²) >= 11 is 12.2. The summed E-state index contributed by atoms with van der Waals surface area (Å²) in [6, 6.07) is 17.5. The third kappa shape index (κ3) is 5.90. The van der Waals surface area contributed by atoms with E-state index in [0.717, 1.165) is 5.56 Å². The molecule has 3 aromatic heterocycles. The highest BCUT2D eigenvalue weighted by Gasteiger charge is 2.24. The number of halogens is 2. The van der Waals surface area contributed by atoms with Crippen LogP contribution < -0.4 is 16.6 Å². The third-order valence-corrected chi connectivity index (χ3v) is 6.40. The molecule has 2 amide bonds. The molecule has 5 aromatic rings. The summed E-state index contributed by atoms with van der Waals surface area (Å²) in [5.74, 6) is -0.943. The molecule has 0 aliphatic heterocycles. The van der Waals surface area contributed by atoms with Gasteiger partial charge in [-0.1, -0.05) is 58.7 Å². The second kappa shape index (κ2) is 11.5. The molecule has 3 heterocycles. The van der Waals surface area contributed by atoms with Gasteiger partial charge in [-0.15, -0.1) is 5.10 Å². The number of rotatable bonds is 8. The van der Waals surface area contributed by atoms with Crippen molar-refractivity contribution in [2.75, 3.05) is 5.32 Å². The number of carbonyl (C=O) groups is 2. The van der Waals surface area contributed by atoms with E-state index in [-0.39, 0.29) is 23.0 Å². The first-order valence-corrected chi connectivity index (χ1v) is 12.6. The van der Waals surface area contributed by atoms with E-state index in [9.17, 15) is 14.4 Å². The average Bonchev–Trinajstić information content (AvgIpc) is 3.38. The monoisotopic (exact) mass is 574 g/mol. The normalized spacial score (nSPS) is 11.7. The number of aromatic nitrogens is 6. The number of nitrogens with two attached hydrogens (primary N) is 1. The van der Waals surface area contributed by atoms with Crippen LogP contribution in [0.5, 0.6) is 0 Å². The summed E-state index contributed by atoms with van der Waals surface area (Å²) in [4.78, 5) is 46.8. The number of hydrogen-bond acceptors (Lipinski definition) is 7. The highest BCUT2D eigenvalue weighted by molar-refractivity contribution is 6.31. The van der Waals surface area contributed by atoms with Crippen LogP contribution in [-0.4, -0.2) is 41.3 Å². The zero-order valence-corrected chi connectivity index (χ0v) is 22.1. The summed E-state index contributed by atoms with van der Waals surface area (Å²) in [6.45, 7) is 0. The van der Waals surface area contributed by atoms with Gasteiger partial charge in [0, 0.05) is 29.3 Å². The number of anilines is 1. The van der Waals surface area contributed by atoms with Gasteiger partial charge in [0.2, 0.25) is 11.8 Å². The van der Waals surface area contributed by atoms with Crippen molar-refractivity contribution in [1.29, 1.82) is 0 Å². The van der Waals surface area contributed by atoms with Crippen molar-refractivity contribution in [3.8, 4) is 16.9 Å². The molecule has 40 heavy (non-hydrogen) atoms. The minimum absolute atomic E-state index is 0.192. The number of carbonyl (C=O) groups excluding carboxylic acids is 2. The highest BCUT2D eigenvalue weighted by Crippen LogP contribution is 2.28. The Hall–Kier alpha value is -4.87. The quantitative estimate of drug-likeness (QED) is 0.286. The fourth-order valence-electron chi connectivity index (χ4n) is 4.04. The van der Waals surface area contributed by atoms with Crippen LogP contribution in [0.4, 0.5) is 5.82 Å². The molecule has 0 radical (unpaired) electrons. The van der Waals surface area contributed by atoms with E-state index >= 15 is 0 Å². The Morgan fingerprint density at radius 3 is 2.45 bits per heavy atom. The van der Waals surface area contributed by atoms with Crippen molar-refractivity contribution >= 4 is 40.8 Å². The van der Waals surface area contributed by atoms with E-state index in [1.165, 1.54) is 46.2 Å². The number of pyridine rings is 1.